The highest BCUT2D eigenvalue weighted by Gasteiger charge is 2.26. The fraction of sp³-hybridized carbons (Fsp3) is 0.111. The summed E-state index contributed by atoms with van der Waals surface area (Å²) in [6, 6.07) is 10.2. The molecule has 2 aromatic carbocycles. The predicted molar refractivity (Wildman–Crippen MR) is 96.6 cm³/mol. The van der Waals surface area contributed by atoms with Crippen molar-refractivity contribution in [2.75, 3.05) is 14.2 Å². The topological polar surface area (TPSA) is 57.1 Å². The Hall–Kier alpha value is -2.50. The fourth-order valence-electron chi connectivity index (χ4n) is 2.36. The number of hydrogen-bond donors (Lipinski definition) is 0. The van der Waals surface area contributed by atoms with E-state index in [0.717, 1.165) is 0 Å². The van der Waals surface area contributed by atoms with Crippen LogP contribution < -0.4 is 9.47 Å². The summed E-state index contributed by atoms with van der Waals surface area (Å²) < 4.78 is 15.8. The summed E-state index contributed by atoms with van der Waals surface area (Å²) in [4.78, 5) is 16.4. The standard InChI is InChI=1S/C18H13Cl2NO4/c1-23-15-5-3-4-10(16(15)24-2)8-14-18(22)25-17(21-14)12-7-6-11(19)9-13(12)20/h3-9H,1-2H3. The lowest BCUT2D eigenvalue weighted by molar-refractivity contribution is -0.129. The number of carbonyl (C=O) groups excluding carboxylic acids is 1. The highest BCUT2D eigenvalue weighted by atomic mass is 35.5. The third-order valence-corrected chi connectivity index (χ3v) is 4.06. The van der Waals surface area contributed by atoms with Gasteiger partial charge in [0.15, 0.2) is 17.2 Å². The molecule has 0 spiro atoms. The third-order valence-electron chi connectivity index (χ3n) is 3.51. The number of halogens is 2. The SMILES string of the molecule is COc1cccc(C=C2N=C(c3ccc(Cl)cc3Cl)OC2=O)c1OC. The number of cyclic esters (lactones) is 1. The van der Waals surface area contributed by atoms with Crippen LogP contribution in [0.25, 0.3) is 6.08 Å². The van der Waals surface area contributed by atoms with Crippen molar-refractivity contribution >= 4 is 41.1 Å². The maximum atomic E-state index is 12.1. The third kappa shape index (κ3) is 3.48. The Morgan fingerprint density at radius 3 is 2.60 bits per heavy atom. The summed E-state index contributed by atoms with van der Waals surface area (Å²) in [5, 5.41) is 0.829. The molecule has 1 heterocycles. The molecular weight excluding hydrogens is 365 g/mol. The second-order valence-corrected chi connectivity index (χ2v) is 5.89. The number of methoxy groups -OCH3 is 2. The second-order valence-electron chi connectivity index (χ2n) is 5.04. The molecule has 0 bridgehead atoms. The molecule has 1 aliphatic heterocycles. The Morgan fingerprint density at radius 2 is 1.92 bits per heavy atom. The van der Waals surface area contributed by atoms with Gasteiger partial charge < -0.3 is 14.2 Å². The Balaban J connectivity index is 2.02. The molecule has 3 rings (SSSR count). The first-order chi connectivity index (χ1) is 12.0. The molecule has 0 fully saturated rings. The molecule has 5 nitrogen and oxygen atoms in total. The van der Waals surface area contributed by atoms with Crippen molar-refractivity contribution in [2.24, 2.45) is 4.99 Å². The van der Waals surface area contributed by atoms with Gasteiger partial charge in [0.05, 0.1) is 24.8 Å². The van der Waals surface area contributed by atoms with Gasteiger partial charge >= 0.3 is 5.97 Å². The average Bonchev–Trinajstić information content (AvgIpc) is 2.95. The zero-order valence-corrected chi connectivity index (χ0v) is 14.9. The number of nitrogens with zero attached hydrogens (tertiary/aromatic N) is 1. The minimum absolute atomic E-state index is 0.125. The first-order valence-corrected chi connectivity index (χ1v) is 7.98. The van der Waals surface area contributed by atoms with Gasteiger partial charge in [-0.15, -0.1) is 0 Å². The zero-order chi connectivity index (χ0) is 18.0. The average molecular weight is 378 g/mol. The summed E-state index contributed by atoms with van der Waals surface area (Å²) in [6.45, 7) is 0. The Bertz CT molecular complexity index is 906. The van der Waals surface area contributed by atoms with E-state index in [1.807, 2.05) is 0 Å². The van der Waals surface area contributed by atoms with Gasteiger partial charge in [0.2, 0.25) is 5.90 Å². The largest absolute Gasteiger partial charge is 0.493 e. The zero-order valence-electron chi connectivity index (χ0n) is 13.4. The lowest BCUT2D eigenvalue weighted by Gasteiger charge is -2.09. The van der Waals surface area contributed by atoms with Gasteiger partial charge in [0, 0.05) is 10.6 Å². The predicted octanol–water partition coefficient (Wildman–Crippen LogP) is 4.36. The number of esters is 1. The smallest absolute Gasteiger partial charge is 0.363 e. The summed E-state index contributed by atoms with van der Waals surface area (Å²) in [5.41, 5.74) is 1.26. The van der Waals surface area contributed by atoms with E-state index in [-0.39, 0.29) is 11.6 Å². The van der Waals surface area contributed by atoms with Crippen LogP contribution >= 0.6 is 23.2 Å². The quantitative estimate of drug-likeness (QED) is 0.586. The molecule has 0 aromatic heterocycles. The van der Waals surface area contributed by atoms with E-state index in [1.54, 1.807) is 42.5 Å². The molecule has 0 atom stereocenters. The van der Waals surface area contributed by atoms with Gasteiger partial charge in [-0.1, -0.05) is 35.3 Å². The molecule has 0 unspecified atom stereocenters. The lowest BCUT2D eigenvalue weighted by Crippen LogP contribution is -2.06. The van der Waals surface area contributed by atoms with Gasteiger partial charge in [-0.3, -0.25) is 0 Å². The molecule has 0 aliphatic carbocycles. The van der Waals surface area contributed by atoms with E-state index >= 15 is 0 Å². The van der Waals surface area contributed by atoms with Crippen LogP contribution in [0, 0.1) is 0 Å². The molecule has 0 N–H and O–H groups in total. The Labute approximate surface area is 154 Å². The Kier molecular flexibility index (Phi) is 4.97. The maximum Gasteiger partial charge on any atom is 0.363 e. The van der Waals surface area contributed by atoms with Crippen LogP contribution in [0.1, 0.15) is 11.1 Å². The molecule has 7 heteroatoms. The second kappa shape index (κ2) is 7.17. The summed E-state index contributed by atoms with van der Waals surface area (Å²) in [6.07, 6.45) is 1.57. The number of hydrogen-bond acceptors (Lipinski definition) is 5. The van der Waals surface area contributed by atoms with Gasteiger partial charge in [0.1, 0.15) is 0 Å². The summed E-state index contributed by atoms with van der Waals surface area (Å²) in [7, 11) is 3.06. The molecule has 0 saturated carbocycles. The van der Waals surface area contributed by atoms with Crippen molar-refractivity contribution in [3.05, 3.63) is 63.3 Å². The van der Waals surface area contributed by atoms with Crippen LogP contribution in [0.5, 0.6) is 11.5 Å². The van der Waals surface area contributed by atoms with Crippen LogP contribution in [-0.4, -0.2) is 26.1 Å². The first kappa shape index (κ1) is 17.3. The highest BCUT2D eigenvalue weighted by Crippen LogP contribution is 2.33. The molecule has 0 saturated heterocycles. The van der Waals surface area contributed by atoms with Crippen molar-refractivity contribution in [1.82, 2.24) is 0 Å². The van der Waals surface area contributed by atoms with E-state index in [1.165, 1.54) is 14.2 Å². The van der Waals surface area contributed by atoms with Gasteiger partial charge in [-0.2, -0.15) is 0 Å². The molecular formula is C18H13Cl2NO4. The van der Waals surface area contributed by atoms with Crippen molar-refractivity contribution in [2.45, 2.75) is 0 Å². The minimum Gasteiger partial charge on any atom is -0.493 e. The van der Waals surface area contributed by atoms with E-state index in [2.05, 4.69) is 4.99 Å². The van der Waals surface area contributed by atoms with Crippen LogP contribution in [-0.2, 0) is 9.53 Å². The summed E-state index contributed by atoms with van der Waals surface area (Å²) in [5.74, 6) is 0.595. The molecule has 128 valence electrons. The van der Waals surface area contributed by atoms with Crippen LogP contribution in [0.4, 0.5) is 0 Å². The molecule has 2 aromatic rings. The van der Waals surface area contributed by atoms with Crippen molar-refractivity contribution < 1.29 is 19.0 Å². The van der Waals surface area contributed by atoms with Crippen LogP contribution in [0.2, 0.25) is 10.0 Å². The number of rotatable bonds is 4. The number of benzene rings is 2. The summed E-state index contributed by atoms with van der Waals surface area (Å²) >= 11 is 12.0. The molecule has 0 radical (unpaired) electrons. The lowest BCUT2D eigenvalue weighted by atomic mass is 10.1. The molecule has 1 aliphatic rings. The number of carbonyl (C=O) groups is 1. The van der Waals surface area contributed by atoms with E-state index in [9.17, 15) is 4.79 Å². The minimum atomic E-state index is -0.578. The first-order valence-electron chi connectivity index (χ1n) is 7.22. The normalized spacial score (nSPS) is 15.1. The van der Waals surface area contributed by atoms with E-state index in [0.29, 0.717) is 32.7 Å². The fourth-order valence-corrected chi connectivity index (χ4v) is 2.85. The van der Waals surface area contributed by atoms with E-state index < -0.39 is 5.97 Å². The van der Waals surface area contributed by atoms with Crippen LogP contribution in [0.15, 0.2) is 47.1 Å². The number of ether oxygens (including phenoxy) is 3. The number of aliphatic imine (C=N–C) groups is 1. The number of para-hydroxylation sites is 1. The van der Waals surface area contributed by atoms with Gasteiger partial charge in [-0.05, 0) is 30.3 Å². The maximum absolute atomic E-state index is 12.1. The Morgan fingerprint density at radius 1 is 1.12 bits per heavy atom. The van der Waals surface area contributed by atoms with Crippen molar-refractivity contribution in [3.8, 4) is 11.5 Å². The highest BCUT2D eigenvalue weighted by molar-refractivity contribution is 6.37. The molecule has 0 amide bonds. The van der Waals surface area contributed by atoms with E-state index in [4.69, 9.17) is 37.4 Å². The van der Waals surface area contributed by atoms with Crippen LogP contribution in [0.3, 0.4) is 0 Å². The molecule has 25 heavy (non-hydrogen) atoms. The van der Waals surface area contributed by atoms with Crippen molar-refractivity contribution in [3.63, 3.8) is 0 Å². The van der Waals surface area contributed by atoms with Crippen molar-refractivity contribution in [1.29, 1.82) is 0 Å². The van der Waals surface area contributed by atoms with Gasteiger partial charge in [0.25, 0.3) is 0 Å². The monoisotopic (exact) mass is 377 g/mol. The van der Waals surface area contributed by atoms with Gasteiger partial charge in [-0.25, -0.2) is 9.79 Å².